The van der Waals surface area contributed by atoms with Crippen LogP contribution in [0.1, 0.15) is 29.9 Å². The van der Waals surface area contributed by atoms with E-state index in [0.29, 0.717) is 18.0 Å². The van der Waals surface area contributed by atoms with E-state index >= 15 is 0 Å². The fourth-order valence-electron chi connectivity index (χ4n) is 2.20. The summed E-state index contributed by atoms with van der Waals surface area (Å²) in [5.74, 6) is 0.297. The van der Waals surface area contributed by atoms with Crippen molar-refractivity contribution < 1.29 is 9.90 Å². The molecule has 2 aromatic heterocycles. The van der Waals surface area contributed by atoms with Crippen molar-refractivity contribution in [1.29, 1.82) is 0 Å². The number of rotatable bonds is 5. The summed E-state index contributed by atoms with van der Waals surface area (Å²) < 4.78 is 1.89. The molecule has 2 N–H and O–H groups in total. The number of aromatic nitrogens is 2. The number of aryl methyl sites for hydroxylation is 1. The van der Waals surface area contributed by atoms with Crippen LogP contribution in [-0.2, 0) is 0 Å². The third-order valence-corrected chi connectivity index (χ3v) is 3.79. The average Bonchev–Trinajstić information content (AvgIpc) is 2.88. The van der Waals surface area contributed by atoms with Gasteiger partial charge in [0.05, 0.1) is 23.6 Å². The van der Waals surface area contributed by atoms with Crippen molar-refractivity contribution in [2.75, 3.05) is 13.2 Å². The molecule has 0 bridgehead atoms. The lowest BCUT2D eigenvalue weighted by molar-refractivity contribution is 0.0930. The van der Waals surface area contributed by atoms with Crippen LogP contribution in [0.15, 0.2) is 24.7 Å². The average molecular weight is 275 g/mol. The van der Waals surface area contributed by atoms with Gasteiger partial charge in [0, 0.05) is 24.8 Å². The number of carbonyl (C=O) groups excluding carboxylic acids is 1. The van der Waals surface area contributed by atoms with Crippen LogP contribution in [0.2, 0.25) is 0 Å². The second kappa shape index (κ2) is 6.05. The molecule has 0 aromatic carbocycles. The van der Waals surface area contributed by atoms with Crippen LogP contribution in [0.3, 0.4) is 0 Å². The monoisotopic (exact) mass is 275 g/mol. The Morgan fingerprint density at radius 1 is 1.45 bits per heavy atom. The minimum atomic E-state index is -0.114. The van der Waals surface area contributed by atoms with Gasteiger partial charge in [-0.15, -0.1) is 0 Å². The van der Waals surface area contributed by atoms with Gasteiger partial charge >= 0.3 is 0 Å². The third kappa shape index (κ3) is 2.82. The van der Waals surface area contributed by atoms with Crippen LogP contribution in [0.4, 0.5) is 0 Å². The Balaban J connectivity index is 2.13. The molecule has 20 heavy (non-hydrogen) atoms. The fraction of sp³-hybridized carbons (Fsp3) is 0.467. The topological polar surface area (TPSA) is 66.6 Å². The first-order chi connectivity index (χ1) is 9.54. The molecule has 1 amide bonds. The van der Waals surface area contributed by atoms with Gasteiger partial charge < -0.3 is 14.8 Å². The smallest absolute Gasteiger partial charge is 0.253 e. The van der Waals surface area contributed by atoms with E-state index < -0.39 is 0 Å². The molecule has 0 aliphatic carbocycles. The van der Waals surface area contributed by atoms with Gasteiger partial charge in [-0.2, -0.15) is 0 Å². The van der Waals surface area contributed by atoms with Crippen molar-refractivity contribution in [3.05, 3.63) is 35.9 Å². The standard InChI is InChI=1S/C15H21N3O2/c1-10(2)12(8-19)6-17-15(20)14-5-4-13-7-16-9-18(13)11(14)3/h4-5,7,9-10,12,19H,6,8H2,1-3H3,(H,17,20). The quantitative estimate of drug-likeness (QED) is 0.871. The molecule has 2 heterocycles. The molecule has 0 radical (unpaired) electrons. The zero-order chi connectivity index (χ0) is 14.7. The first-order valence-electron chi connectivity index (χ1n) is 6.85. The molecule has 2 aromatic rings. The molecule has 5 nitrogen and oxygen atoms in total. The number of carbonyl (C=O) groups is 1. The Labute approximate surface area is 118 Å². The summed E-state index contributed by atoms with van der Waals surface area (Å²) in [5.41, 5.74) is 2.47. The fourth-order valence-corrected chi connectivity index (χ4v) is 2.20. The Bertz CT molecular complexity index is 604. The molecule has 0 aliphatic rings. The van der Waals surface area contributed by atoms with Crippen molar-refractivity contribution >= 4 is 11.4 Å². The van der Waals surface area contributed by atoms with Gasteiger partial charge in [-0.3, -0.25) is 4.79 Å². The number of hydrogen-bond acceptors (Lipinski definition) is 3. The van der Waals surface area contributed by atoms with E-state index in [9.17, 15) is 9.90 Å². The lowest BCUT2D eigenvalue weighted by atomic mass is 9.97. The van der Waals surface area contributed by atoms with Crippen LogP contribution in [0.25, 0.3) is 5.52 Å². The Morgan fingerprint density at radius 3 is 2.85 bits per heavy atom. The van der Waals surface area contributed by atoms with Crippen molar-refractivity contribution in [1.82, 2.24) is 14.7 Å². The first-order valence-corrected chi connectivity index (χ1v) is 6.85. The molecule has 0 saturated carbocycles. The lowest BCUT2D eigenvalue weighted by Crippen LogP contribution is -2.33. The van der Waals surface area contributed by atoms with E-state index in [0.717, 1.165) is 11.2 Å². The van der Waals surface area contributed by atoms with Gasteiger partial charge in [-0.25, -0.2) is 4.98 Å². The van der Waals surface area contributed by atoms with Crippen LogP contribution in [0, 0.1) is 18.8 Å². The maximum atomic E-state index is 12.2. The second-order valence-corrected chi connectivity index (χ2v) is 5.42. The summed E-state index contributed by atoms with van der Waals surface area (Å²) in [6, 6.07) is 3.69. The molecule has 0 spiro atoms. The number of hydrogen-bond donors (Lipinski definition) is 2. The number of fused-ring (bicyclic) bond motifs is 1. The SMILES string of the molecule is Cc1c(C(=O)NCC(CO)C(C)C)ccc2cncn12. The van der Waals surface area contributed by atoms with E-state index in [1.165, 1.54) is 0 Å². The molecule has 0 saturated heterocycles. The van der Waals surface area contributed by atoms with Crippen LogP contribution in [0.5, 0.6) is 0 Å². The Hall–Kier alpha value is -1.88. The minimum Gasteiger partial charge on any atom is -0.396 e. The molecular formula is C15H21N3O2. The number of nitrogens with one attached hydrogen (secondary N) is 1. The van der Waals surface area contributed by atoms with Gasteiger partial charge in [-0.1, -0.05) is 13.8 Å². The molecule has 0 fully saturated rings. The van der Waals surface area contributed by atoms with Crippen molar-refractivity contribution in [3.8, 4) is 0 Å². The maximum Gasteiger partial charge on any atom is 0.253 e. The Morgan fingerprint density at radius 2 is 2.20 bits per heavy atom. The number of amides is 1. The second-order valence-electron chi connectivity index (χ2n) is 5.42. The van der Waals surface area contributed by atoms with E-state index in [4.69, 9.17) is 0 Å². The first kappa shape index (κ1) is 14.5. The summed E-state index contributed by atoms with van der Waals surface area (Å²) in [6.07, 6.45) is 3.46. The molecule has 1 unspecified atom stereocenters. The van der Waals surface area contributed by atoms with Crippen molar-refractivity contribution in [3.63, 3.8) is 0 Å². The predicted molar refractivity (Wildman–Crippen MR) is 77.7 cm³/mol. The van der Waals surface area contributed by atoms with Gasteiger partial charge in [0.1, 0.15) is 0 Å². The minimum absolute atomic E-state index is 0.0798. The number of nitrogens with zero attached hydrogens (tertiary/aromatic N) is 2. The van der Waals surface area contributed by atoms with E-state index in [1.54, 1.807) is 12.5 Å². The number of imidazole rings is 1. The molecular weight excluding hydrogens is 254 g/mol. The highest BCUT2D eigenvalue weighted by molar-refractivity contribution is 5.95. The van der Waals surface area contributed by atoms with E-state index in [1.807, 2.05) is 37.3 Å². The van der Waals surface area contributed by atoms with Crippen LogP contribution in [-0.4, -0.2) is 33.6 Å². The lowest BCUT2D eigenvalue weighted by Gasteiger charge is -2.19. The number of aliphatic hydroxyl groups is 1. The molecule has 0 aliphatic heterocycles. The van der Waals surface area contributed by atoms with Crippen molar-refractivity contribution in [2.45, 2.75) is 20.8 Å². The predicted octanol–water partition coefficient (Wildman–Crippen LogP) is 1.64. The Kier molecular flexibility index (Phi) is 4.39. The van der Waals surface area contributed by atoms with Gasteiger partial charge in [0.25, 0.3) is 5.91 Å². The largest absolute Gasteiger partial charge is 0.396 e. The summed E-state index contributed by atoms with van der Waals surface area (Å²) in [5, 5.41) is 12.2. The highest BCUT2D eigenvalue weighted by Crippen LogP contribution is 2.13. The number of pyridine rings is 1. The highest BCUT2D eigenvalue weighted by Gasteiger charge is 2.16. The summed E-state index contributed by atoms with van der Waals surface area (Å²) >= 11 is 0. The zero-order valence-electron chi connectivity index (χ0n) is 12.1. The molecule has 5 heteroatoms. The van der Waals surface area contributed by atoms with Crippen LogP contribution >= 0.6 is 0 Å². The summed E-state index contributed by atoms with van der Waals surface area (Å²) in [6.45, 7) is 6.53. The van der Waals surface area contributed by atoms with Crippen molar-refractivity contribution in [2.24, 2.45) is 11.8 Å². The van der Waals surface area contributed by atoms with Gasteiger partial charge in [0.2, 0.25) is 0 Å². The molecule has 108 valence electrons. The highest BCUT2D eigenvalue weighted by atomic mass is 16.3. The summed E-state index contributed by atoms with van der Waals surface area (Å²) in [4.78, 5) is 16.3. The molecule has 1 atom stereocenters. The van der Waals surface area contributed by atoms with Gasteiger partial charge in [0.15, 0.2) is 0 Å². The normalized spacial score (nSPS) is 12.8. The molecule has 2 rings (SSSR count). The maximum absolute atomic E-state index is 12.2. The van der Waals surface area contributed by atoms with E-state index in [-0.39, 0.29) is 18.4 Å². The number of aliphatic hydroxyl groups excluding tert-OH is 1. The summed E-state index contributed by atoms with van der Waals surface area (Å²) in [7, 11) is 0. The zero-order valence-corrected chi connectivity index (χ0v) is 12.1. The van der Waals surface area contributed by atoms with E-state index in [2.05, 4.69) is 10.3 Å². The van der Waals surface area contributed by atoms with Crippen LogP contribution < -0.4 is 5.32 Å². The third-order valence-electron chi connectivity index (χ3n) is 3.79. The van der Waals surface area contributed by atoms with Gasteiger partial charge in [-0.05, 0) is 25.0 Å².